The molecule has 2 aromatic heterocycles. The molecule has 2 aliphatic rings. The molecule has 0 bridgehead atoms. The maximum absolute atomic E-state index is 12.4. The van der Waals surface area contributed by atoms with Gasteiger partial charge in [-0.25, -0.2) is 4.98 Å². The maximum Gasteiger partial charge on any atom is 0.254 e. The molecule has 0 saturated carbocycles. The van der Waals surface area contributed by atoms with Gasteiger partial charge in [0.25, 0.3) is 5.56 Å². The van der Waals surface area contributed by atoms with E-state index >= 15 is 0 Å². The third-order valence-corrected chi connectivity index (χ3v) is 6.83. The number of benzene rings is 1. The van der Waals surface area contributed by atoms with Gasteiger partial charge in [-0.2, -0.15) is 0 Å². The Balaban J connectivity index is 1.42. The van der Waals surface area contributed by atoms with Crippen molar-refractivity contribution in [3.63, 3.8) is 0 Å². The van der Waals surface area contributed by atoms with Crippen LogP contribution in [0.4, 0.5) is 0 Å². The Morgan fingerprint density at radius 3 is 3.03 bits per heavy atom. The molecule has 5 rings (SSSR count). The Morgan fingerprint density at radius 2 is 2.25 bits per heavy atom. The van der Waals surface area contributed by atoms with Gasteiger partial charge in [0, 0.05) is 54.6 Å². The Morgan fingerprint density at radius 1 is 1.31 bits per heavy atom. The first-order valence-corrected chi connectivity index (χ1v) is 11.8. The van der Waals surface area contributed by atoms with Crippen molar-refractivity contribution in [2.24, 2.45) is 0 Å². The van der Waals surface area contributed by atoms with Crippen LogP contribution in [-0.4, -0.2) is 28.8 Å². The molecule has 1 aliphatic heterocycles. The lowest BCUT2D eigenvalue weighted by Crippen LogP contribution is -2.28. The van der Waals surface area contributed by atoms with E-state index in [0.29, 0.717) is 19.1 Å². The van der Waals surface area contributed by atoms with E-state index in [4.69, 9.17) is 9.47 Å². The number of ether oxygens (including phenoxy) is 2. The summed E-state index contributed by atoms with van der Waals surface area (Å²) >= 11 is 1.65. The third-order valence-electron chi connectivity index (χ3n) is 5.95. The van der Waals surface area contributed by atoms with Crippen molar-refractivity contribution >= 4 is 23.1 Å². The predicted octanol–water partition coefficient (Wildman–Crippen LogP) is 4.15. The first-order valence-electron chi connectivity index (χ1n) is 11.0. The van der Waals surface area contributed by atoms with Gasteiger partial charge in [-0.05, 0) is 42.2 Å². The summed E-state index contributed by atoms with van der Waals surface area (Å²) < 4.78 is 13.6. The molecular weight excluding hydrogens is 422 g/mol. The number of nitrogens with one attached hydrogen (secondary N) is 1. The van der Waals surface area contributed by atoms with Crippen LogP contribution >= 0.6 is 11.3 Å². The van der Waals surface area contributed by atoms with E-state index < -0.39 is 0 Å². The van der Waals surface area contributed by atoms with Crippen molar-refractivity contribution in [2.75, 3.05) is 13.2 Å². The Hall–Kier alpha value is -2.58. The van der Waals surface area contributed by atoms with E-state index in [9.17, 15) is 4.79 Å². The molecule has 2 atom stereocenters. The number of fused-ring (bicyclic) bond motifs is 1. The second-order valence-electron chi connectivity index (χ2n) is 8.32. The fraction of sp³-hybridized carbons (Fsp3) is 0.360. The summed E-state index contributed by atoms with van der Waals surface area (Å²) in [5.74, 6) is 0. The number of pyridine rings is 1. The van der Waals surface area contributed by atoms with E-state index in [-0.39, 0.29) is 11.7 Å². The largest absolute Gasteiger partial charge is 0.380 e. The normalized spacial score (nSPS) is 20.2. The molecule has 0 radical (unpaired) electrons. The standard InChI is InChI=1S/C25H27N3O3S/c1-17-13-27-24(32-17)16-31-23-12-21(28-8-3-2-4-25(28)29)11-19-6-5-18(10-22(19)23)14-26-20-7-9-30-15-20/h2-6,8,10-11,13,20,23,26H,7,9,12,14-16H2,1H3/t20?,23-/m1/s1. The quantitative estimate of drug-likeness (QED) is 0.587. The first-order chi connectivity index (χ1) is 15.7. The summed E-state index contributed by atoms with van der Waals surface area (Å²) in [6.45, 7) is 4.92. The topological polar surface area (TPSA) is 65.4 Å². The smallest absolute Gasteiger partial charge is 0.254 e. The number of aryl methyl sites for hydroxylation is 1. The summed E-state index contributed by atoms with van der Waals surface area (Å²) in [7, 11) is 0. The van der Waals surface area contributed by atoms with Crippen LogP contribution < -0.4 is 10.9 Å². The molecule has 1 fully saturated rings. The molecule has 0 amide bonds. The highest BCUT2D eigenvalue weighted by Crippen LogP contribution is 2.37. The third kappa shape index (κ3) is 4.76. The van der Waals surface area contributed by atoms with E-state index in [0.717, 1.165) is 48.0 Å². The zero-order valence-electron chi connectivity index (χ0n) is 18.1. The van der Waals surface area contributed by atoms with Gasteiger partial charge in [-0.3, -0.25) is 9.36 Å². The highest BCUT2D eigenvalue weighted by atomic mass is 32.1. The van der Waals surface area contributed by atoms with Crippen molar-refractivity contribution in [3.05, 3.63) is 85.7 Å². The second-order valence-corrected chi connectivity index (χ2v) is 9.64. The minimum absolute atomic E-state index is 0.0314. The molecule has 32 heavy (non-hydrogen) atoms. The van der Waals surface area contributed by atoms with Crippen LogP contribution in [0.25, 0.3) is 11.8 Å². The van der Waals surface area contributed by atoms with Crippen LogP contribution in [0.1, 0.15) is 45.5 Å². The van der Waals surface area contributed by atoms with Crippen LogP contribution in [0.5, 0.6) is 0 Å². The zero-order chi connectivity index (χ0) is 21.9. The molecule has 7 heteroatoms. The average Bonchev–Trinajstić information content (AvgIpc) is 3.48. The van der Waals surface area contributed by atoms with Crippen LogP contribution in [0, 0.1) is 6.92 Å². The van der Waals surface area contributed by atoms with Crippen molar-refractivity contribution < 1.29 is 9.47 Å². The lowest BCUT2D eigenvalue weighted by Gasteiger charge is -2.27. The number of rotatable bonds is 7. The van der Waals surface area contributed by atoms with Crippen molar-refractivity contribution in [2.45, 2.75) is 45.1 Å². The molecule has 0 spiro atoms. The van der Waals surface area contributed by atoms with Gasteiger partial charge >= 0.3 is 0 Å². The van der Waals surface area contributed by atoms with E-state index in [1.807, 2.05) is 18.5 Å². The number of nitrogens with zero attached hydrogens (tertiary/aromatic N) is 2. The minimum Gasteiger partial charge on any atom is -0.380 e. The van der Waals surface area contributed by atoms with Crippen molar-refractivity contribution in [1.82, 2.24) is 14.9 Å². The number of hydrogen-bond donors (Lipinski definition) is 1. The average molecular weight is 450 g/mol. The molecule has 1 unspecified atom stereocenters. The molecule has 1 saturated heterocycles. The monoisotopic (exact) mass is 449 g/mol. The molecule has 1 aromatic carbocycles. The van der Waals surface area contributed by atoms with Gasteiger partial charge in [0.05, 0.1) is 19.3 Å². The van der Waals surface area contributed by atoms with Gasteiger partial charge in [-0.15, -0.1) is 11.3 Å². The SMILES string of the molecule is Cc1cnc(CO[C@@H]2CC(n3ccccc3=O)=Cc3ccc(CNC4CCOC4)cc32)s1. The molecule has 1 N–H and O–H groups in total. The minimum atomic E-state index is -0.143. The van der Waals surface area contributed by atoms with Gasteiger partial charge in [-0.1, -0.05) is 24.3 Å². The Bertz CT molecular complexity index is 1180. The summed E-state index contributed by atoms with van der Waals surface area (Å²) in [5.41, 5.74) is 4.39. The number of hydrogen-bond acceptors (Lipinski definition) is 6. The lowest BCUT2D eigenvalue weighted by molar-refractivity contribution is 0.0415. The molecule has 6 nitrogen and oxygen atoms in total. The van der Waals surface area contributed by atoms with Gasteiger partial charge in [0.15, 0.2) is 0 Å². The van der Waals surface area contributed by atoms with Crippen molar-refractivity contribution in [3.8, 4) is 0 Å². The van der Waals surface area contributed by atoms with Crippen LogP contribution in [0.15, 0.2) is 53.6 Å². The molecular formula is C25H27N3O3S. The van der Waals surface area contributed by atoms with Gasteiger partial charge in [0.2, 0.25) is 0 Å². The molecule has 166 valence electrons. The summed E-state index contributed by atoms with van der Waals surface area (Å²) in [4.78, 5) is 18.1. The summed E-state index contributed by atoms with van der Waals surface area (Å²) in [6, 6.07) is 12.2. The Kier molecular flexibility index (Phi) is 6.32. The van der Waals surface area contributed by atoms with Crippen LogP contribution in [0.2, 0.25) is 0 Å². The number of aromatic nitrogens is 2. The van der Waals surface area contributed by atoms with Crippen molar-refractivity contribution in [1.29, 1.82) is 0 Å². The van der Waals surface area contributed by atoms with E-state index in [2.05, 4.69) is 41.5 Å². The first kappa shape index (κ1) is 21.3. The maximum atomic E-state index is 12.4. The predicted molar refractivity (Wildman–Crippen MR) is 126 cm³/mol. The second kappa shape index (κ2) is 9.50. The number of thiazole rings is 1. The molecule has 3 aromatic rings. The molecule has 1 aliphatic carbocycles. The highest BCUT2D eigenvalue weighted by Gasteiger charge is 2.24. The Labute approximate surface area is 191 Å². The fourth-order valence-electron chi connectivity index (χ4n) is 4.26. The van der Waals surface area contributed by atoms with E-state index in [1.165, 1.54) is 10.4 Å². The zero-order valence-corrected chi connectivity index (χ0v) is 18.9. The van der Waals surface area contributed by atoms with Crippen LogP contribution in [-0.2, 0) is 22.6 Å². The summed E-state index contributed by atoms with van der Waals surface area (Å²) in [6.07, 6.45) is 7.35. The summed E-state index contributed by atoms with van der Waals surface area (Å²) in [5, 5.41) is 4.56. The highest BCUT2D eigenvalue weighted by molar-refractivity contribution is 7.11. The van der Waals surface area contributed by atoms with Crippen LogP contribution in [0.3, 0.4) is 0 Å². The van der Waals surface area contributed by atoms with E-state index in [1.54, 1.807) is 28.0 Å². The van der Waals surface area contributed by atoms with Gasteiger partial charge in [0.1, 0.15) is 5.01 Å². The lowest BCUT2D eigenvalue weighted by atomic mass is 9.90. The van der Waals surface area contributed by atoms with Gasteiger partial charge < -0.3 is 14.8 Å². The fourth-order valence-corrected chi connectivity index (χ4v) is 4.97. The molecule has 3 heterocycles.